The first-order valence-corrected chi connectivity index (χ1v) is 2.00. The molecule has 0 saturated carbocycles. The second-order valence-electron chi connectivity index (χ2n) is 0.408. The minimum absolute atomic E-state index is 0. The molecule has 8 heavy (non-hydrogen) atoms. The van der Waals surface area contributed by atoms with Gasteiger partial charge in [0, 0.05) is 10.4 Å². The molecule has 0 saturated heterocycles. The van der Waals surface area contributed by atoms with Crippen molar-refractivity contribution in [3.8, 4) is 0 Å². The van der Waals surface area contributed by atoms with Crippen LogP contribution in [0.25, 0.3) is 0 Å². The van der Waals surface area contributed by atoms with Gasteiger partial charge in [-0.25, -0.2) is 0 Å². The second kappa shape index (κ2) is 10.4. The molecule has 0 bridgehead atoms. The Morgan fingerprint density at radius 2 is 1.00 bits per heavy atom. The van der Waals surface area contributed by atoms with E-state index in [1.165, 1.54) is 0 Å². The predicted octanol–water partition coefficient (Wildman–Crippen LogP) is -5.10. The second-order valence-corrected chi connectivity index (χ2v) is 1.22. The van der Waals surface area contributed by atoms with Crippen molar-refractivity contribution >= 4 is 85.9 Å². The maximum Gasteiger partial charge on any atom is 2.00 e. The van der Waals surface area contributed by atoms with Gasteiger partial charge in [0.15, 0.2) is 0 Å². The monoisotopic (exact) mass is 199 g/mol. The van der Waals surface area contributed by atoms with Crippen LogP contribution in [0.1, 0.15) is 0 Å². The van der Waals surface area contributed by atoms with Crippen molar-refractivity contribution in [1.29, 1.82) is 0 Å². The Hall–Kier alpha value is 3.39. The summed E-state index contributed by atoms with van der Waals surface area (Å²) in [5.41, 5.74) is 0. The smallest absolute Gasteiger partial charge is 0.759 e. The first kappa shape index (κ1) is 22.5. The Morgan fingerprint density at radius 3 is 1.00 bits per heavy atom. The van der Waals surface area contributed by atoms with Gasteiger partial charge in [0.1, 0.15) is 0 Å². The summed E-state index contributed by atoms with van der Waals surface area (Å²) in [6, 6.07) is 0. The molecule has 0 fully saturated rings. The summed E-state index contributed by atoms with van der Waals surface area (Å²) < 4.78 is 34.1. The van der Waals surface area contributed by atoms with Crippen LogP contribution >= 0.6 is 0 Å². The van der Waals surface area contributed by atoms with Crippen molar-refractivity contribution < 1.29 is 47.1 Å². The van der Waals surface area contributed by atoms with Crippen molar-refractivity contribution in [1.82, 2.24) is 0 Å². The fourth-order valence-electron chi connectivity index (χ4n) is 0. The van der Waals surface area contributed by atoms with E-state index in [1.54, 1.807) is 0 Å². The third kappa shape index (κ3) is 57.5. The molecule has 0 N–H and O–H groups in total. The number of rotatable bonds is 0. The minimum atomic E-state index is -5.17. The van der Waals surface area contributed by atoms with E-state index in [0.29, 0.717) is 0 Å². The maximum absolute atomic E-state index is 8.52. The van der Waals surface area contributed by atoms with E-state index in [-0.39, 0.29) is 105 Å². The van der Waals surface area contributed by atoms with Crippen LogP contribution in [0.5, 0.6) is 0 Å². The normalized spacial score (nSPS) is 7.25. The molecule has 32 valence electrons. The summed E-state index contributed by atoms with van der Waals surface area (Å²) in [5, 5.41) is 0. The van der Waals surface area contributed by atoms with Crippen LogP contribution < -0.4 is 29.6 Å². The van der Waals surface area contributed by atoms with Gasteiger partial charge in [-0.2, -0.15) is 0 Å². The zero-order valence-electron chi connectivity index (χ0n) is 4.46. The van der Waals surface area contributed by atoms with Gasteiger partial charge < -0.3 is 9.11 Å². The molecular weight excluding hydrogens is 199 g/mol. The van der Waals surface area contributed by atoms with E-state index < -0.39 is 10.4 Å². The standard InChI is InChI=1S/2Ca.Na.H2O4S/c;;;1-5(2,3)4/h;;;(H2,1,2,3,4)/q2*+2;+1;/p-2. The molecule has 0 atom stereocenters. The molecular formula is Ca2NaO4S+3. The summed E-state index contributed by atoms with van der Waals surface area (Å²) in [6.07, 6.45) is 0. The molecule has 0 unspecified atom stereocenters. The summed E-state index contributed by atoms with van der Waals surface area (Å²) >= 11 is 0. The quantitative estimate of drug-likeness (QED) is 0.222. The van der Waals surface area contributed by atoms with Crippen molar-refractivity contribution in [3.05, 3.63) is 0 Å². The molecule has 0 aromatic carbocycles. The topological polar surface area (TPSA) is 80.3 Å². The fourth-order valence-corrected chi connectivity index (χ4v) is 0. The van der Waals surface area contributed by atoms with Gasteiger partial charge in [-0.1, -0.05) is 0 Å². The first-order valence-electron chi connectivity index (χ1n) is 0.667. The van der Waals surface area contributed by atoms with Crippen LogP contribution in [0.4, 0.5) is 0 Å². The van der Waals surface area contributed by atoms with Crippen LogP contribution in [0.3, 0.4) is 0 Å². The molecule has 0 aliphatic rings. The molecule has 0 rings (SSSR count). The van der Waals surface area contributed by atoms with Gasteiger partial charge in [-0.05, 0) is 0 Å². The predicted molar refractivity (Wildman–Crippen MR) is 22.0 cm³/mol. The van der Waals surface area contributed by atoms with Crippen LogP contribution in [0, 0.1) is 0 Å². The Morgan fingerprint density at radius 1 is 1.00 bits per heavy atom. The SMILES string of the molecule is O=S(=O)([O-])[O-].[Ca+2].[Ca+2].[Na+]. The molecule has 8 heteroatoms. The van der Waals surface area contributed by atoms with Crippen LogP contribution in [0.15, 0.2) is 0 Å². The van der Waals surface area contributed by atoms with Crippen molar-refractivity contribution in [2.45, 2.75) is 0 Å². The summed E-state index contributed by atoms with van der Waals surface area (Å²) in [6.45, 7) is 0. The Kier molecular flexibility index (Phi) is 29.2. The van der Waals surface area contributed by atoms with Crippen molar-refractivity contribution in [2.75, 3.05) is 0 Å². The average molecular weight is 199 g/mol. The molecule has 4 nitrogen and oxygen atoms in total. The summed E-state index contributed by atoms with van der Waals surface area (Å²) in [4.78, 5) is 0. The maximum atomic E-state index is 8.52. The molecule has 0 heterocycles. The molecule has 0 aliphatic heterocycles. The number of hydrogen-bond acceptors (Lipinski definition) is 4. The molecule has 0 aromatic heterocycles. The molecule has 0 spiro atoms. The summed E-state index contributed by atoms with van der Waals surface area (Å²) in [5.74, 6) is 0. The molecule has 0 aliphatic carbocycles. The number of hydrogen-bond donors (Lipinski definition) is 0. The van der Waals surface area contributed by atoms with E-state index in [2.05, 4.69) is 0 Å². The minimum Gasteiger partial charge on any atom is -0.759 e. The van der Waals surface area contributed by atoms with E-state index in [0.717, 1.165) is 0 Å². The van der Waals surface area contributed by atoms with Gasteiger partial charge in [0.25, 0.3) is 0 Å². The Labute approximate surface area is 130 Å². The zero-order chi connectivity index (χ0) is 4.50. The first-order chi connectivity index (χ1) is 2.00. The van der Waals surface area contributed by atoms with Crippen LogP contribution in [-0.2, 0) is 10.4 Å². The van der Waals surface area contributed by atoms with Gasteiger partial charge >= 0.3 is 105 Å². The third-order valence-corrected chi connectivity index (χ3v) is 0. The zero-order valence-corrected chi connectivity index (χ0v) is 11.7. The largest absolute Gasteiger partial charge is 2.00 e. The Balaban J connectivity index is -0.0000000267. The molecule has 0 amide bonds. The molecule has 0 aromatic rings. The average Bonchev–Trinajstić information content (AvgIpc) is 0.722. The fraction of sp³-hybridized carbons (Fsp3) is 0. The van der Waals surface area contributed by atoms with Gasteiger partial charge in [0.05, 0.1) is 0 Å². The summed E-state index contributed by atoms with van der Waals surface area (Å²) in [7, 11) is -5.17. The van der Waals surface area contributed by atoms with E-state index in [4.69, 9.17) is 17.5 Å². The van der Waals surface area contributed by atoms with Crippen LogP contribution in [-0.4, -0.2) is 93.0 Å². The molecule has 0 radical (unpaired) electrons. The third-order valence-electron chi connectivity index (χ3n) is 0. The van der Waals surface area contributed by atoms with E-state index in [1.807, 2.05) is 0 Å². The van der Waals surface area contributed by atoms with Gasteiger partial charge in [-0.15, -0.1) is 0 Å². The van der Waals surface area contributed by atoms with Crippen molar-refractivity contribution in [3.63, 3.8) is 0 Å². The Bertz CT molecular complexity index is 97.2. The van der Waals surface area contributed by atoms with Gasteiger partial charge in [-0.3, -0.25) is 8.42 Å². The van der Waals surface area contributed by atoms with E-state index >= 15 is 0 Å². The van der Waals surface area contributed by atoms with Crippen LogP contribution in [0.2, 0.25) is 0 Å². The van der Waals surface area contributed by atoms with Crippen molar-refractivity contribution in [2.24, 2.45) is 0 Å². The van der Waals surface area contributed by atoms with E-state index in [9.17, 15) is 0 Å². The van der Waals surface area contributed by atoms with Gasteiger partial charge in [0.2, 0.25) is 0 Å².